The molecular formula is C17H28N4O. The average Bonchev–Trinajstić information content (AvgIpc) is 2.99. The van der Waals surface area contributed by atoms with E-state index in [9.17, 15) is 4.79 Å². The summed E-state index contributed by atoms with van der Waals surface area (Å²) in [5.74, 6) is 1.27. The topological polar surface area (TPSA) is 59.0 Å². The second-order valence-corrected chi connectivity index (χ2v) is 7.71. The number of hydrogen-bond acceptors (Lipinski definition) is 3. The quantitative estimate of drug-likeness (QED) is 0.877. The molecule has 1 aliphatic carbocycles. The first-order chi connectivity index (χ1) is 10.4. The Bertz CT molecular complexity index is 533. The maximum Gasteiger partial charge on any atom is 0.271 e. The predicted molar refractivity (Wildman–Crippen MR) is 87.1 cm³/mol. The molecule has 0 bridgehead atoms. The summed E-state index contributed by atoms with van der Waals surface area (Å²) in [6.45, 7) is 9.36. The van der Waals surface area contributed by atoms with Crippen LogP contribution in [-0.4, -0.2) is 35.3 Å². The van der Waals surface area contributed by atoms with E-state index in [4.69, 9.17) is 0 Å². The predicted octanol–water partition coefficient (Wildman–Crippen LogP) is 2.24. The summed E-state index contributed by atoms with van der Waals surface area (Å²) in [7, 11) is 0. The fourth-order valence-electron chi connectivity index (χ4n) is 3.15. The molecule has 3 rings (SSSR count). The highest BCUT2D eigenvalue weighted by Gasteiger charge is 2.32. The van der Waals surface area contributed by atoms with E-state index in [0.717, 1.165) is 26.1 Å². The number of hydrogen-bond donors (Lipinski definition) is 2. The van der Waals surface area contributed by atoms with Gasteiger partial charge in [-0.1, -0.05) is 0 Å². The van der Waals surface area contributed by atoms with Gasteiger partial charge < -0.3 is 10.6 Å². The second kappa shape index (κ2) is 6.03. The summed E-state index contributed by atoms with van der Waals surface area (Å²) >= 11 is 0. The van der Waals surface area contributed by atoms with Crippen molar-refractivity contribution in [2.75, 3.05) is 19.6 Å². The van der Waals surface area contributed by atoms with Gasteiger partial charge in [0.05, 0.1) is 5.54 Å². The molecule has 5 nitrogen and oxygen atoms in total. The summed E-state index contributed by atoms with van der Waals surface area (Å²) in [5, 5.41) is 11.0. The van der Waals surface area contributed by atoms with E-state index in [2.05, 4.69) is 36.5 Å². The standard InChI is InChI=1S/C17H28N4O/c1-17(2,3)21-15(13-4-5-13)10-14(20-21)16(22)19-9-7-12-6-8-18-11-12/h10,12-13,18H,4-9,11H2,1-3H3,(H,19,22). The normalized spacial score (nSPS) is 22.0. The van der Waals surface area contributed by atoms with Crippen molar-refractivity contribution in [3.63, 3.8) is 0 Å². The third-order valence-electron chi connectivity index (χ3n) is 4.60. The molecular weight excluding hydrogens is 276 g/mol. The van der Waals surface area contributed by atoms with Crippen LogP contribution in [0.1, 0.15) is 68.6 Å². The van der Waals surface area contributed by atoms with Gasteiger partial charge in [-0.3, -0.25) is 9.48 Å². The van der Waals surface area contributed by atoms with Crippen molar-refractivity contribution < 1.29 is 4.79 Å². The Morgan fingerprint density at radius 3 is 2.77 bits per heavy atom. The van der Waals surface area contributed by atoms with E-state index in [1.807, 2.05) is 10.7 Å². The molecule has 22 heavy (non-hydrogen) atoms. The molecule has 0 spiro atoms. The number of carbonyl (C=O) groups is 1. The minimum Gasteiger partial charge on any atom is -0.351 e. The maximum atomic E-state index is 12.4. The first-order valence-corrected chi connectivity index (χ1v) is 8.54. The van der Waals surface area contributed by atoms with Crippen LogP contribution in [-0.2, 0) is 5.54 Å². The van der Waals surface area contributed by atoms with Gasteiger partial charge in [0.25, 0.3) is 5.91 Å². The van der Waals surface area contributed by atoms with Gasteiger partial charge in [-0.15, -0.1) is 0 Å². The molecule has 1 aromatic rings. The van der Waals surface area contributed by atoms with Crippen LogP contribution in [0.2, 0.25) is 0 Å². The molecule has 1 aliphatic heterocycles. The molecule has 1 unspecified atom stereocenters. The van der Waals surface area contributed by atoms with Gasteiger partial charge in [0.2, 0.25) is 0 Å². The first kappa shape index (κ1) is 15.5. The number of nitrogens with zero attached hydrogens (tertiary/aromatic N) is 2. The zero-order valence-corrected chi connectivity index (χ0v) is 14.0. The SMILES string of the molecule is CC(C)(C)n1nc(C(=O)NCCC2CCNC2)cc1C1CC1. The van der Waals surface area contributed by atoms with E-state index in [-0.39, 0.29) is 11.4 Å². The molecule has 1 atom stereocenters. The Morgan fingerprint density at radius 1 is 1.41 bits per heavy atom. The molecule has 2 fully saturated rings. The van der Waals surface area contributed by atoms with Gasteiger partial charge in [-0.2, -0.15) is 5.10 Å². The lowest BCUT2D eigenvalue weighted by Gasteiger charge is -2.22. The molecule has 1 saturated heterocycles. The van der Waals surface area contributed by atoms with Crippen LogP contribution in [0.15, 0.2) is 6.07 Å². The third-order valence-corrected chi connectivity index (χ3v) is 4.60. The monoisotopic (exact) mass is 304 g/mol. The summed E-state index contributed by atoms with van der Waals surface area (Å²) in [6, 6.07) is 2.00. The van der Waals surface area contributed by atoms with Gasteiger partial charge in [-0.25, -0.2) is 0 Å². The lowest BCUT2D eigenvalue weighted by Crippen LogP contribution is -2.28. The van der Waals surface area contributed by atoms with Gasteiger partial charge in [0.15, 0.2) is 0 Å². The molecule has 2 heterocycles. The van der Waals surface area contributed by atoms with Crippen LogP contribution in [0, 0.1) is 5.92 Å². The third kappa shape index (κ3) is 3.51. The number of nitrogens with one attached hydrogen (secondary N) is 2. The maximum absolute atomic E-state index is 12.4. The van der Waals surface area contributed by atoms with E-state index < -0.39 is 0 Å². The number of aromatic nitrogens is 2. The molecule has 1 amide bonds. The van der Waals surface area contributed by atoms with Crippen molar-refractivity contribution >= 4 is 5.91 Å². The van der Waals surface area contributed by atoms with Gasteiger partial charge in [-0.05, 0) is 71.5 Å². The van der Waals surface area contributed by atoms with Crippen LogP contribution in [0.3, 0.4) is 0 Å². The van der Waals surface area contributed by atoms with E-state index in [0.29, 0.717) is 17.5 Å². The summed E-state index contributed by atoms with van der Waals surface area (Å²) in [4.78, 5) is 12.4. The fraction of sp³-hybridized carbons (Fsp3) is 0.765. The Balaban J connectivity index is 1.62. The van der Waals surface area contributed by atoms with Crippen molar-refractivity contribution in [2.24, 2.45) is 5.92 Å². The summed E-state index contributed by atoms with van der Waals surface area (Å²) in [6.07, 6.45) is 4.71. The highest BCUT2D eigenvalue weighted by atomic mass is 16.1. The van der Waals surface area contributed by atoms with Crippen molar-refractivity contribution in [3.8, 4) is 0 Å². The minimum atomic E-state index is -0.0774. The molecule has 0 aromatic carbocycles. The van der Waals surface area contributed by atoms with Crippen LogP contribution in [0.5, 0.6) is 0 Å². The zero-order chi connectivity index (χ0) is 15.7. The van der Waals surface area contributed by atoms with Gasteiger partial charge in [0.1, 0.15) is 5.69 Å². The first-order valence-electron chi connectivity index (χ1n) is 8.54. The summed E-state index contributed by atoms with van der Waals surface area (Å²) < 4.78 is 2.04. The lowest BCUT2D eigenvalue weighted by molar-refractivity contribution is 0.0945. The van der Waals surface area contributed by atoms with Crippen molar-refractivity contribution in [1.82, 2.24) is 20.4 Å². The highest BCUT2D eigenvalue weighted by Crippen LogP contribution is 2.41. The number of carbonyl (C=O) groups excluding carboxylic acids is 1. The lowest BCUT2D eigenvalue weighted by atomic mass is 10.1. The molecule has 0 radical (unpaired) electrons. The van der Waals surface area contributed by atoms with E-state index in [1.165, 1.54) is 25.0 Å². The van der Waals surface area contributed by atoms with E-state index in [1.54, 1.807) is 0 Å². The van der Waals surface area contributed by atoms with Gasteiger partial charge >= 0.3 is 0 Å². The zero-order valence-electron chi connectivity index (χ0n) is 14.0. The largest absolute Gasteiger partial charge is 0.351 e. The molecule has 2 aliphatic rings. The molecule has 122 valence electrons. The molecule has 1 saturated carbocycles. The minimum absolute atomic E-state index is 0.0316. The van der Waals surface area contributed by atoms with Crippen LogP contribution >= 0.6 is 0 Å². The van der Waals surface area contributed by atoms with Crippen LogP contribution < -0.4 is 10.6 Å². The fourth-order valence-corrected chi connectivity index (χ4v) is 3.15. The molecule has 5 heteroatoms. The smallest absolute Gasteiger partial charge is 0.271 e. The van der Waals surface area contributed by atoms with Crippen LogP contribution in [0.4, 0.5) is 0 Å². The Morgan fingerprint density at radius 2 is 2.18 bits per heavy atom. The van der Waals surface area contributed by atoms with Crippen LogP contribution in [0.25, 0.3) is 0 Å². The Hall–Kier alpha value is -1.36. The number of rotatable bonds is 5. The number of amides is 1. The van der Waals surface area contributed by atoms with Gasteiger partial charge in [0, 0.05) is 18.2 Å². The molecule has 2 N–H and O–H groups in total. The Kier molecular flexibility index (Phi) is 4.26. The summed E-state index contributed by atoms with van der Waals surface area (Å²) in [5.41, 5.74) is 1.71. The Labute approximate surface area is 132 Å². The highest BCUT2D eigenvalue weighted by molar-refractivity contribution is 5.92. The second-order valence-electron chi connectivity index (χ2n) is 7.71. The molecule has 1 aromatic heterocycles. The van der Waals surface area contributed by atoms with Crippen molar-refractivity contribution in [1.29, 1.82) is 0 Å². The van der Waals surface area contributed by atoms with E-state index >= 15 is 0 Å². The average molecular weight is 304 g/mol. The van der Waals surface area contributed by atoms with Crippen molar-refractivity contribution in [3.05, 3.63) is 17.5 Å². The van der Waals surface area contributed by atoms with Crippen molar-refractivity contribution in [2.45, 2.75) is 57.9 Å².